The molecule has 0 radical (unpaired) electrons. The Morgan fingerprint density at radius 2 is 2.19 bits per heavy atom. The van der Waals surface area contributed by atoms with E-state index in [-0.39, 0.29) is 29.9 Å². The van der Waals surface area contributed by atoms with Crippen molar-refractivity contribution < 1.29 is 27.8 Å². The monoisotopic (exact) mass is 370 g/mol. The number of nitrogens with one attached hydrogen (secondary N) is 1. The van der Waals surface area contributed by atoms with Crippen LogP contribution in [0.3, 0.4) is 0 Å². The summed E-state index contributed by atoms with van der Waals surface area (Å²) in [5.74, 6) is -0.100. The Morgan fingerprint density at radius 3 is 2.81 bits per heavy atom. The molecule has 0 aromatic heterocycles. The van der Waals surface area contributed by atoms with E-state index in [9.17, 15) is 13.6 Å². The highest BCUT2D eigenvalue weighted by Crippen LogP contribution is 2.36. The molecule has 0 aliphatic carbocycles. The zero-order valence-electron chi connectivity index (χ0n) is 14.7. The number of piperidine rings is 1. The van der Waals surface area contributed by atoms with Crippen LogP contribution in [0.25, 0.3) is 0 Å². The first kappa shape index (κ1) is 19.0. The average molecular weight is 370 g/mol. The van der Waals surface area contributed by atoms with E-state index in [0.29, 0.717) is 12.2 Å². The molecule has 2 unspecified atom stereocenters. The molecule has 2 fully saturated rings. The third-order valence-electron chi connectivity index (χ3n) is 4.93. The fraction of sp³-hybridized carbons (Fsp3) is 0.611. The quantitative estimate of drug-likeness (QED) is 0.834. The fourth-order valence-corrected chi connectivity index (χ4v) is 3.81. The van der Waals surface area contributed by atoms with Crippen LogP contribution in [0.4, 0.5) is 14.5 Å². The molecule has 6 nitrogen and oxygen atoms in total. The Bertz CT molecular complexity index is 606. The van der Waals surface area contributed by atoms with Gasteiger partial charge in [-0.1, -0.05) is 0 Å². The summed E-state index contributed by atoms with van der Waals surface area (Å²) in [6.45, 7) is -0.460. The molecule has 1 N–H and O–H groups in total. The standard InChI is InChI=1S/C18H24F2N2O4/c1-24-15-7-9-22(12-18(15)8-2-10-25-18)11-16(23)21-13-3-5-14(6-4-13)26-17(19)20/h3-6,15,17H,2,7-12H2,1H3,(H,21,23). The van der Waals surface area contributed by atoms with Crippen molar-refractivity contribution in [3.63, 3.8) is 0 Å². The van der Waals surface area contributed by atoms with E-state index in [1.165, 1.54) is 24.3 Å². The van der Waals surface area contributed by atoms with Gasteiger partial charge >= 0.3 is 6.61 Å². The highest BCUT2D eigenvalue weighted by atomic mass is 19.3. The van der Waals surface area contributed by atoms with Gasteiger partial charge in [-0.25, -0.2) is 0 Å². The number of hydrogen-bond donors (Lipinski definition) is 1. The van der Waals surface area contributed by atoms with Crippen LogP contribution in [-0.4, -0.2) is 62.5 Å². The van der Waals surface area contributed by atoms with Crippen molar-refractivity contribution in [3.8, 4) is 5.75 Å². The van der Waals surface area contributed by atoms with Gasteiger partial charge in [-0.3, -0.25) is 9.69 Å². The van der Waals surface area contributed by atoms with Gasteiger partial charge in [-0.05, 0) is 43.5 Å². The van der Waals surface area contributed by atoms with Crippen molar-refractivity contribution >= 4 is 11.6 Å². The van der Waals surface area contributed by atoms with Crippen LogP contribution >= 0.6 is 0 Å². The first-order valence-electron chi connectivity index (χ1n) is 8.74. The smallest absolute Gasteiger partial charge is 0.387 e. The average Bonchev–Trinajstić information content (AvgIpc) is 3.05. The van der Waals surface area contributed by atoms with Crippen LogP contribution in [0, 0.1) is 0 Å². The first-order valence-corrected chi connectivity index (χ1v) is 8.74. The number of hydrogen-bond acceptors (Lipinski definition) is 5. The molecule has 2 aliphatic rings. The van der Waals surface area contributed by atoms with Gasteiger partial charge in [0.1, 0.15) is 11.4 Å². The molecule has 3 rings (SSSR count). The largest absolute Gasteiger partial charge is 0.435 e. The molecule has 2 saturated heterocycles. The molecule has 0 bridgehead atoms. The van der Waals surface area contributed by atoms with Crippen molar-refractivity contribution in [1.82, 2.24) is 4.90 Å². The third-order valence-corrected chi connectivity index (χ3v) is 4.93. The van der Waals surface area contributed by atoms with Gasteiger partial charge in [-0.15, -0.1) is 0 Å². The SMILES string of the molecule is COC1CCN(CC(=O)Nc2ccc(OC(F)F)cc2)CC12CCCO2. The van der Waals surface area contributed by atoms with Crippen molar-refractivity contribution in [2.24, 2.45) is 0 Å². The molecule has 1 aromatic rings. The van der Waals surface area contributed by atoms with Crippen LogP contribution < -0.4 is 10.1 Å². The minimum absolute atomic E-state index is 0.0555. The van der Waals surface area contributed by atoms with E-state index in [1.54, 1.807) is 7.11 Å². The number of carbonyl (C=O) groups excluding carboxylic acids is 1. The van der Waals surface area contributed by atoms with Crippen LogP contribution in [-0.2, 0) is 14.3 Å². The van der Waals surface area contributed by atoms with Crippen molar-refractivity contribution in [3.05, 3.63) is 24.3 Å². The van der Waals surface area contributed by atoms with E-state index in [4.69, 9.17) is 9.47 Å². The Labute approximate surface area is 151 Å². The lowest BCUT2D eigenvalue weighted by atomic mass is 9.87. The first-order chi connectivity index (χ1) is 12.5. The Morgan fingerprint density at radius 1 is 1.42 bits per heavy atom. The predicted molar refractivity (Wildman–Crippen MR) is 91.5 cm³/mol. The van der Waals surface area contributed by atoms with Gasteiger partial charge in [0.2, 0.25) is 5.91 Å². The van der Waals surface area contributed by atoms with Crippen molar-refractivity contribution in [2.45, 2.75) is 37.6 Å². The van der Waals surface area contributed by atoms with Crippen LogP contribution in [0.1, 0.15) is 19.3 Å². The summed E-state index contributed by atoms with van der Waals surface area (Å²) in [6, 6.07) is 5.86. The van der Waals surface area contributed by atoms with Crippen LogP contribution in [0.5, 0.6) is 5.75 Å². The molecule has 2 atom stereocenters. The molecule has 144 valence electrons. The van der Waals surface area contributed by atoms with E-state index >= 15 is 0 Å². The molecule has 2 heterocycles. The van der Waals surface area contributed by atoms with Crippen molar-refractivity contribution in [2.75, 3.05) is 38.7 Å². The lowest BCUT2D eigenvalue weighted by Crippen LogP contribution is -2.58. The molecule has 26 heavy (non-hydrogen) atoms. The van der Waals surface area contributed by atoms with Gasteiger partial charge < -0.3 is 19.5 Å². The van der Waals surface area contributed by atoms with Gasteiger partial charge in [0.05, 0.1) is 12.6 Å². The second-order valence-electron chi connectivity index (χ2n) is 6.69. The number of anilines is 1. The zero-order valence-corrected chi connectivity index (χ0v) is 14.7. The third kappa shape index (κ3) is 4.49. The summed E-state index contributed by atoms with van der Waals surface area (Å²) in [4.78, 5) is 14.4. The molecular formula is C18H24F2N2O4. The maximum Gasteiger partial charge on any atom is 0.387 e. The highest BCUT2D eigenvalue weighted by molar-refractivity contribution is 5.92. The molecule has 0 saturated carbocycles. The number of methoxy groups -OCH3 is 1. The summed E-state index contributed by atoms with van der Waals surface area (Å²) in [7, 11) is 1.71. The van der Waals surface area contributed by atoms with E-state index < -0.39 is 6.61 Å². The molecule has 8 heteroatoms. The molecule has 1 spiro atoms. The van der Waals surface area contributed by atoms with Gasteiger partial charge in [0.25, 0.3) is 0 Å². The maximum atomic E-state index is 12.3. The molecular weight excluding hydrogens is 346 g/mol. The number of nitrogens with zero attached hydrogens (tertiary/aromatic N) is 1. The van der Waals surface area contributed by atoms with Crippen molar-refractivity contribution in [1.29, 1.82) is 0 Å². The number of halogens is 2. The molecule has 1 aromatic carbocycles. The summed E-state index contributed by atoms with van der Waals surface area (Å²) in [6.07, 6.45) is 2.83. The van der Waals surface area contributed by atoms with Gasteiger partial charge in [-0.2, -0.15) is 8.78 Å². The Hall–Kier alpha value is -1.77. The number of likely N-dealkylation sites (tertiary alicyclic amines) is 1. The van der Waals surface area contributed by atoms with Crippen LogP contribution in [0.15, 0.2) is 24.3 Å². The fourth-order valence-electron chi connectivity index (χ4n) is 3.81. The zero-order chi connectivity index (χ0) is 18.6. The molecule has 2 aliphatic heterocycles. The summed E-state index contributed by atoms with van der Waals surface area (Å²) in [5, 5.41) is 2.78. The minimum Gasteiger partial charge on any atom is -0.435 e. The minimum atomic E-state index is -2.87. The maximum absolute atomic E-state index is 12.3. The van der Waals surface area contributed by atoms with Crippen LogP contribution in [0.2, 0.25) is 0 Å². The Kier molecular flexibility index (Phi) is 6.05. The number of alkyl halides is 2. The topological polar surface area (TPSA) is 60.0 Å². The van der Waals surface area contributed by atoms with Gasteiger partial charge in [0.15, 0.2) is 0 Å². The number of benzene rings is 1. The second-order valence-corrected chi connectivity index (χ2v) is 6.69. The van der Waals surface area contributed by atoms with E-state index in [0.717, 1.165) is 32.4 Å². The summed E-state index contributed by atoms with van der Waals surface area (Å²) in [5.41, 5.74) is 0.219. The Balaban J connectivity index is 1.53. The van der Waals surface area contributed by atoms with E-state index in [1.807, 2.05) is 0 Å². The van der Waals surface area contributed by atoms with E-state index in [2.05, 4.69) is 15.0 Å². The number of amides is 1. The number of rotatable bonds is 6. The summed E-state index contributed by atoms with van der Waals surface area (Å²) < 4.78 is 40.2. The number of ether oxygens (including phenoxy) is 3. The summed E-state index contributed by atoms with van der Waals surface area (Å²) >= 11 is 0. The second kappa shape index (κ2) is 8.28. The lowest BCUT2D eigenvalue weighted by Gasteiger charge is -2.44. The molecule has 1 amide bonds. The highest BCUT2D eigenvalue weighted by Gasteiger charge is 2.47. The van der Waals surface area contributed by atoms with Gasteiger partial charge in [0, 0.05) is 32.5 Å². The predicted octanol–water partition coefficient (Wildman–Crippen LogP) is 2.50. The normalized spacial score (nSPS) is 26.4. The number of carbonyl (C=O) groups is 1. The lowest BCUT2D eigenvalue weighted by molar-refractivity contribution is -0.146.